The molecule has 2 fully saturated rings. The molecule has 0 amide bonds. The molecule has 2 atom stereocenters. The second kappa shape index (κ2) is 5.30. The Morgan fingerprint density at radius 3 is 2.62 bits per heavy atom. The summed E-state index contributed by atoms with van der Waals surface area (Å²) in [6, 6.07) is 12.8. The van der Waals surface area contributed by atoms with Gasteiger partial charge in [-0.25, -0.2) is 0 Å². The number of anilines is 1. The molecule has 1 aromatic carbocycles. The van der Waals surface area contributed by atoms with Crippen LogP contribution in [0.3, 0.4) is 0 Å². The largest absolute Gasteiger partial charge is 0.364 e. The van der Waals surface area contributed by atoms with Crippen LogP contribution in [-0.2, 0) is 0 Å². The first-order valence-electron chi connectivity index (χ1n) is 8.16. The van der Waals surface area contributed by atoms with Gasteiger partial charge >= 0.3 is 0 Å². The molecule has 0 radical (unpaired) electrons. The fourth-order valence-corrected chi connectivity index (χ4v) is 4.31. The summed E-state index contributed by atoms with van der Waals surface area (Å²) in [4.78, 5) is 7.35. The fraction of sp³-hybridized carbons (Fsp3) is 0.500. The highest BCUT2D eigenvalue weighted by Crippen LogP contribution is 2.39. The average molecular weight is 281 g/mol. The molecule has 2 aliphatic rings. The van der Waals surface area contributed by atoms with Gasteiger partial charge in [-0.3, -0.25) is 4.98 Å². The molecule has 2 aliphatic heterocycles. The van der Waals surface area contributed by atoms with E-state index in [1.807, 2.05) is 12.3 Å². The van der Waals surface area contributed by atoms with Gasteiger partial charge < -0.3 is 10.2 Å². The molecular weight excluding hydrogens is 258 g/mol. The van der Waals surface area contributed by atoms with Crippen LogP contribution in [0.4, 0.5) is 5.69 Å². The number of para-hydroxylation sites is 1. The molecule has 110 valence electrons. The third kappa shape index (κ3) is 2.20. The minimum absolute atomic E-state index is 0.669. The number of benzene rings is 1. The van der Waals surface area contributed by atoms with Crippen LogP contribution in [0.5, 0.6) is 0 Å². The maximum absolute atomic E-state index is 4.67. The second-order valence-electron chi connectivity index (χ2n) is 6.46. The van der Waals surface area contributed by atoms with Crippen LogP contribution in [0.15, 0.2) is 36.5 Å². The van der Waals surface area contributed by atoms with Crippen molar-refractivity contribution >= 4 is 16.6 Å². The summed E-state index contributed by atoms with van der Waals surface area (Å²) in [6.07, 6.45) is 8.45. The Hall–Kier alpha value is -1.61. The lowest BCUT2D eigenvalue weighted by Crippen LogP contribution is -2.56. The van der Waals surface area contributed by atoms with Crippen LogP contribution < -0.4 is 10.2 Å². The van der Waals surface area contributed by atoms with Crippen molar-refractivity contribution in [3.63, 3.8) is 0 Å². The Kier molecular flexibility index (Phi) is 3.30. The van der Waals surface area contributed by atoms with Crippen LogP contribution in [-0.4, -0.2) is 30.2 Å². The smallest absolute Gasteiger partial charge is 0.0935 e. The van der Waals surface area contributed by atoms with Crippen molar-refractivity contribution in [1.29, 1.82) is 0 Å². The Labute approximate surface area is 126 Å². The zero-order valence-corrected chi connectivity index (χ0v) is 12.6. The van der Waals surface area contributed by atoms with E-state index >= 15 is 0 Å². The van der Waals surface area contributed by atoms with E-state index in [-0.39, 0.29) is 0 Å². The van der Waals surface area contributed by atoms with Gasteiger partial charge in [-0.05, 0) is 51.3 Å². The maximum Gasteiger partial charge on any atom is 0.0935 e. The summed E-state index contributed by atoms with van der Waals surface area (Å²) in [7, 11) is 2.11. The van der Waals surface area contributed by atoms with Gasteiger partial charge in [0.25, 0.3) is 0 Å². The van der Waals surface area contributed by atoms with E-state index in [4.69, 9.17) is 0 Å². The van der Waals surface area contributed by atoms with E-state index in [0.717, 1.165) is 0 Å². The number of hydrogen-bond donors (Lipinski definition) is 1. The van der Waals surface area contributed by atoms with Gasteiger partial charge in [0.05, 0.1) is 11.2 Å². The molecule has 3 heteroatoms. The summed E-state index contributed by atoms with van der Waals surface area (Å²) < 4.78 is 0. The van der Waals surface area contributed by atoms with Crippen molar-refractivity contribution < 1.29 is 0 Å². The topological polar surface area (TPSA) is 28.2 Å². The van der Waals surface area contributed by atoms with E-state index in [0.29, 0.717) is 18.1 Å². The molecule has 1 N–H and O–H groups in total. The van der Waals surface area contributed by atoms with Gasteiger partial charge in [0.15, 0.2) is 0 Å². The molecule has 2 aromatic rings. The molecule has 3 nitrogen and oxygen atoms in total. The molecule has 2 bridgehead atoms. The van der Waals surface area contributed by atoms with E-state index < -0.39 is 0 Å². The van der Waals surface area contributed by atoms with Gasteiger partial charge in [0.2, 0.25) is 0 Å². The first-order chi connectivity index (χ1) is 10.4. The molecular formula is C18H23N3. The molecule has 0 saturated carbocycles. The summed E-state index contributed by atoms with van der Waals surface area (Å²) in [5.74, 6) is 0. The normalized spacial score (nSPS) is 28.8. The predicted molar refractivity (Wildman–Crippen MR) is 87.7 cm³/mol. The summed E-state index contributed by atoms with van der Waals surface area (Å²) >= 11 is 0. The number of nitrogens with one attached hydrogen (secondary N) is 1. The van der Waals surface area contributed by atoms with Gasteiger partial charge in [-0.1, -0.05) is 18.2 Å². The molecule has 0 aliphatic carbocycles. The highest BCUT2D eigenvalue weighted by atomic mass is 15.2. The van der Waals surface area contributed by atoms with Crippen molar-refractivity contribution in [3.8, 4) is 0 Å². The van der Waals surface area contributed by atoms with Crippen LogP contribution in [0.25, 0.3) is 10.9 Å². The lowest BCUT2D eigenvalue weighted by atomic mass is 9.81. The van der Waals surface area contributed by atoms with E-state index in [1.54, 1.807) is 0 Å². The first-order valence-corrected chi connectivity index (χ1v) is 8.16. The number of nitrogens with zero attached hydrogens (tertiary/aromatic N) is 2. The quantitative estimate of drug-likeness (QED) is 0.915. The zero-order chi connectivity index (χ0) is 14.2. The lowest BCUT2D eigenvalue weighted by molar-refractivity contribution is 0.253. The van der Waals surface area contributed by atoms with Crippen LogP contribution in [0.1, 0.15) is 32.1 Å². The number of fused-ring (bicyclic) bond motifs is 3. The third-order valence-electron chi connectivity index (χ3n) is 5.27. The molecule has 3 heterocycles. The molecule has 0 spiro atoms. The highest BCUT2D eigenvalue weighted by molar-refractivity contribution is 5.91. The third-order valence-corrected chi connectivity index (χ3v) is 5.27. The summed E-state index contributed by atoms with van der Waals surface area (Å²) in [5.41, 5.74) is 2.51. The number of piperidine rings is 2. The lowest BCUT2D eigenvalue weighted by Gasteiger charge is -2.50. The standard InChI is InChI=1S/C18H23N3/c1-19-14-11-15-7-3-8-16(12-14)21(15)17-9-2-5-13-6-4-10-20-18(13)17/h2,4-6,9-10,14-16,19H,3,7-8,11-12H2,1H3. The van der Waals surface area contributed by atoms with Gasteiger partial charge in [0, 0.05) is 29.7 Å². The minimum atomic E-state index is 0.669. The highest BCUT2D eigenvalue weighted by Gasteiger charge is 2.38. The van der Waals surface area contributed by atoms with Crippen LogP contribution in [0, 0.1) is 0 Å². The van der Waals surface area contributed by atoms with Crippen molar-refractivity contribution in [2.75, 3.05) is 11.9 Å². The number of pyridine rings is 1. The van der Waals surface area contributed by atoms with Gasteiger partial charge in [-0.2, -0.15) is 0 Å². The fourth-order valence-electron chi connectivity index (χ4n) is 4.31. The summed E-state index contributed by atoms with van der Waals surface area (Å²) in [6.45, 7) is 0. The van der Waals surface area contributed by atoms with Crippen molar-refractivity contribution in [2.24, 2.45) is 0 Å². The van der Waals surface area contributed by atoms with Gasteiger partial charge in [-0.15, -0.1) is 0 Å². The molecule has 21 heavy (non-hydrogen) atoms. The summed E-state index contributed by atoms with van der Waals surface area (Å²) in [5, 5.41) is 4.75. The Bertz CT molecular complexity index is 620. The van der Waals surface area contributed by atoms with Crippen LogP contribution >= 0.6 is 0 Å². The molecule has 2 saturated heterocycles. The molecule has 1 aromatic heterocycles. The zero-order valence-electron chi connectivity index (χ0n) is 12.6. The Balaban J connectivity index is 1.78. The first kappa shape index (κ1) is 13.1. The maximum atomic E-state index is 4.67. The van der Waals surface area contributed by atoms with E-state index in [1.165, 1.54) is 48.7 Å². The Morgan fingerprint density at radius 2 is 1.86 bits per heavy atom. The monoisotopic (exact) mass is 281 g/mol. The number of hydrogen-bond acceptors (Lipinski definition) is 3. The Morgan fingerprint density at radius 1 is 1.10 bits per heavy atom. The van der Waals surface area contributed by atoms with Crippen molar-refractivity contribution in [1.82, 2.24) is 10.3 Å². The van der Waals surface area contributed by atoms with Crippen LogP contribution in [0.2, 0.25) is 0 Å². The molecule has 4 rings (SSSR count). The van der Waals surface area contributed by atoms with Crippen molar-refractivity contribution in [3.05, 3.63) is 36.5 Å². The van der Waals surface area contributed by atoms with E-state index in [2.05, 4.69) is 46.5 Å². The van der Waals surface area contributed by atoms with Gasteiger partial charge in [0.1, 0.15) is 0 Å². The predicted octanol–water partition coefficient (Wildman–Crippen LogP) is 3.34. The number of rotatable bonds is 2. The number of aromatic nitrogens is 1. The molecule has 2 unspecified atom stereocenters. The second-order valence-corrected chi connectivity index (χ2v) is 6.46. The average Bonchev–Trinajstić information content (AvgIpc) is 2.53. The SMILES string of the molecule is CNC1CC2CCCC(C1)N2c1cccc2cccnc12. The van der Waals surface area contributed by atoms with E-state index in [9.17, 15) is 0 Å². The van der Waals surface area contributed by atoms with Crippen molar-refractivity contribution in [2.45, 2.75) is 50.2 Å². The minimum Gasteiger partial charge on any atom is -0.364 e.